The van der Waals surface area contributed by atoms with Crippen LogP contribution in [-0.2, 0) is 35.4 Å². The molecule has 0 aliphatic heterocycles. The first kappa shape index (κ1) is 28.0. The first-order valence-electron chi connectivity index (χ1n) is 10.0. The molecule has 0 spiro atoms. The van der Waals surface area contributed by atoms with Crippen LogP contribution in [0.25, 0.3) is 0 Å². The summed E-state index contributed by atoms with van der Waals surface area (Å²) in [6.07, 6.45) is 0.167. The summed E-state index contributed by atoms with van der Waals surface area (Å²) < 4.78 is 22.9. The van der Waals surface area contributed by atoms with E-state index in [0.717, 1.165) is 21.6 Å². The zero-order valence-electron chi connectivity index (χ0n) is 18.8. The van der Waals surface area contributed by atoms with Crippen molar-refractivity contribution in [3.8, 4) is 0 Å². The maximum atomic E-state index is 13.2. The fourth-order valence-corrected chi connectivity index (χ4v) is 3.88. The number of hydrazine groups is 1. The SMILES string of the molecule is CN(C(=O)[C@H](CCS(C)(=O)=O)NN)[C@H](CC(=O)O)C(=O)N(C)[C@@H](Cc1ccccc1)C(N)=O. The van der Waals surface area contributed by atoms with Gasteiger partial charge in [0.2, 0.25) is 17.7 Å². The highest BCUT2D eigenvalue weighted by Gasteiger charge is 2.37. The zero-order valence-corrected chi connectivity index (χ0v) is 19.6. The number of hydrogen-bond donors (Lipinski definition) is 4. The van der Waals surface area contributed by atoms with E-state index in [1.54, 1.807) is 30.3 Å². The average Bonchev–Trinajstić information content (AvgIpc) is 2.74. The number of hydrogen-bond acceptors (Lipinski definition) is 8. The molecule has 6 N–H and O–H groups in total. The van der Waals surface area contributed by atoms with Crippen molar-refractivity contribution in [2.75, 3.05) is 26.1 Å². The smallest absolute Gasteiger partial charge is 0.305 e. The van der Waals surface area contributed by atoms with Crippen molar-refractivity contribution in [1.82, 2.24) is 15.2 Å². The molecule has 0 aliphatic rings. The number of aliphatic carboxylic acids is 1. The van der Waals surface area contributed by atoms with E-state index in [1.165, 1.54) is 14.1 Å². The fraction of sp³-hybridized carbons (Fsp3) is 0.500. The summed E-state index contributed by atoms with van der Waals surface area (Å²) in [5.74, 6) is 1.30. The minimum Gasteiger partial charge on any atom is -0.481 e. The third kappa shape index (κ3) is 8.79. The van der Waals surface area contributed by atoms with E-state index in [1.807, 2.05) is 0 Å². The van der Waals surface area contributed by atoms with Crippen LogP contribution in [0.3, 0.4) is 0 Å². The minimum atomic E-state index is -3.40. The second-order valence-corrected chi connectivity index (χ2v) is 10.0. The quantitative estimate of drug-likeness (QED) is 0.182. The molecule has 1 aromatic carbocycles. The molecule has 3 atom stereocenters. The van der Waals surface area contributed by atoms with E-state index < -0.39 is 58.1 Å². The standard InChI is InChI=1S/C20H31N5O7S/c1-24(15(18(21)28)11-13-7-5-4-6-8-13)20(30)16(12-17(26)27)25(2)19(29)14(23-22)9-10-33(3,31)32/h4-8,14-16,23H,9-12,22H2,1-3H3,(H2,21,28)(H,26,27)/t14-,15-,16+/m0/s1. The predicted molar refractivity (Wildman–Crippen MR) is 120 cm³/mol. The number of nitrogens with one attached hydrogen (secondary N) is 1. The Labute approximate surface area is 192 Å². The molecule has 0 aliphatic carbocycles. The summed E-state index contributed by atoms with van der Waals surface area (Å²) in [7, 11) is -0.882. The van der Waals surface area contributed by atoms with Gasteiger partial charge in [-0.3, -0.25) is 25.0 Å². The maximum absolute atomic E-state index is 13.2. The Kier molecular flexibility index (Phi) is 10.4. The molecular formula is C20H31N5O7S. The molecule has 184 valence electrons. The van der Waals surface area contributed by atoms with E-state index in [2.05, 4.69) is 5.43 Å². The van der Waals surface area contributed by atoms with Crippen molar-refractivity contribution < 1.29 is 32.7 Å². The number of carboxylic acids is 1. The predicted octanol–water partition coefficient (Wildman–Crippen LogP) is -1.89. The third-order valence-corrected chi connectivity index (χ3v) is 6.14. The number of nitrogens with zero attached hydrogens (tertiary/aromatic N) is 2. The van der Waals surface area contributed by atoms with Gasteiger partial charge in [0.25, 0.3) is 0 Å². The Morgan fingerprint density at radius 3 is 2.03 bits per heavy atom. The van der Waals surface area contributed by atoms with Gasteiger partial charge < -0.3 is 20.6 Å². The number of carbonyl (C=O) groups excluding carboxylic acids is 3. The topological polar surface area (TPSA) is 193 Å². The van der Waals surface area contributed by atoms with Crippen LogP contribution in [0.2, 0.25) is 0 Å². The Balaban J connectivity index is 3.14. The van der Waals surface area contributed by atoms with Gasteiger partial charge in [0.05, 0.1) is 12.2 Å². The highest BCUT2D eigenvalue weighted by atomic mass is 32.2. The maximum Gasteiger partial charge on any atom is 0.305 e. The Hall–Kier alpha value is -3.03. The lowest BCUT2D eigenvalue weighted by molar-refractivity contribution is -0.151. The molecule has 0 fully saturated rings. The number of likely N-dealkylation sites (N-methyl/N-ethyl adjacent to an activating group) is 2. The van der Waals surface area contributed by atoms with Gasteiger partial charge in [-0.2, -0.15) is 0 Å². The van der Waals surface area contributed by atoms with Crippen LogP contribution in [-0.4, -0.2) is 91.2 Å². The van der Waals surface area contributed by atoms with Crippen molar-refractivity contribution in [3.05, 3.63) is 35.9 Å². The molecular weight excluding hydrogens is 454 g/mol. The molecule has 0 unspecified atom stereocenters. The Morgan fingerprint density at radius 1 is 1.03 bits per heavy atom. The number of benzene rings is 1. The van der Waals surface area contributed by atoms with E-state index >= 15 is 0 Å². The lowest BCUT2D eigenvalue weighted by Crippen LogP contribution is -2.58. The van der Waals surface area contributed by atoms with E-state index in [4.69, 9.17) is 11.6 Å². The number of nitrogens with two attached hydrogens (primary N) is 2. The van der Waals surface area contributed by atoms with E-state index in [9.17, 15) is 32.7 Å². The summed E-state index contributed by atoms with van der Waals surface area (Å²) in [4.78, 5) is 51.5. The van der Waals surface area contributed by atoms with Crippen LogP contribution in [0.5, 0.6) is 0 Å². The van der Waals surface area contributed by atoms with Crippen molar-refractivity contribution in [2.24, 2.45) is 11.6 Å². The van der Waals surface area contributed by atoms with Gasteiger partial charge >= 0.3 is 5.97 Å². The van der Waals surface area contributed by atoms with E-state index in [-0.39, 0.29) is 18.6 Å². The number of rotatable bonds is 13. The molecule has 0 saturated heterocycles. The zero-order chi connectivity index (χ0) is 25.3. The molecule has 0 aromatic heterocycles. The van der Waals surface area contributed by atoms with Crippen molar-refractivity contribution in [2.45, 2.75) is 37.4 Å². The first-order chi connectivity index (χ1) is 15.3. The highest BCUT2D eigenvalue weighted by molar-refractivity contribution is 7.90. The normalized spacial score (nSPS) is 14.1. The van der Waals surface area contributed by atoms with Gasteiger partial charge in [-0.25, -0.2) is 13.8 Å². The van der Waals surface area contributed by atoms with Crippen molar-refractivity contribution in [1.29, 1.82) is 0 Å². The monoisotopic (exact) mass is 485 g/mol. The van der Waals surface area contributed by atoms with Gasteiger partial charge in [0, 0.05) is 26.8 Å². The number of carbonyl (C=O) groups is 4. The molecule has 0 heterocycles. The van der Waals surface area contributed by atoms with Crippen LogP contribution in [0.15, 0.2) is 30.3 Å². The second-order valence-electron chi connectivity index (χ2n) is 7.76. The summed E-state index contributed by atoms with van der Waals surface area (Å²) in [6, 6.07) is 5.05. The molecule has 0 bridgehead atoms. The molecule has 12 nitrogen and oxygen atoms in total. The molecule has 0 radical (unpaired) electrons. The number of primary amides is 1. The van der Waals surface area contributed by atoms with Crippen LogP contribution in [0.4, 0.5) is 0 Å². The lowest BCUT2D eigenvalue weighted by atomic mass is 10.0. The second kappa shape index (κ2) is 12.3. The summed E-state index contributed by atoms with van der Waals surface area (Å²) in [5, 5.41) is 9.31. The van der Waals surface area contributed by atoms with Crippen LogP contribution in [0, 0.1) is 0 Å². The van der Waals surface area contributed by atoms with Gasteiger partial charge in [-0.1, -0.05) is 30.3 Å². The van der Waals surface area contributed by atoms with Gasteiger partial charge in [-0.05, 0) is 12.0 Å². The van der Waals surface area contributed by atoms with Crippen molar-refractivity contribution >= 4 is 33.5 Å². The number of sulfone groups is 1. The van der Waals surface area contributed by atoms with Crippen molar-refractivity contribution in [3.63, 3.8) is 0 Å². The number of amides is 3. The Morgan fingerprint density at radius 2 is 1.58 bits per heavy atom. The Bertz CT molecular complexity index is 955. The number of carboxylic acid groups (broad SMARTS) is 1. The largest absolute Gasteiger partial charge is 0.481 e. The summed E-state index contributed by atoms with van der Waals surface area (Å²) >= 11 is 0. The third-order valence-electron chi connectivity index (χ3n) is 5.16. The molecule has 1 rings (SSSR count). The highest BCUT2D eigenvalue weighted by Crippen LogP contribution is 2.15. The van der Waals surface area contributed by atoms with Gasteiger partial charge in [0.1, 0.15) is 28.0 Å². The fourth-order valence-electron chi connectivity index (χ4n) is 3.22. The molecule has 1 aromatic rings. The van der Waals surface area contributed by atoms with Crippen LogP contribution >= 0.6 is 0 Å². The molecule has 3 amide bonds. The van der Waals surface area contributed by atoms with Crippen LogP contribution < -0.4 is 17.0 Å². The van der Waals surface area contributed by atoms with Gasteiger partial charge in [-0.15, -0.1) is 0 Å². The van der Waals surface area contributed by atoms with Gasteiger partial charge in [0.15, 0.2) is 0 Å². The molecule has 0 saturated carbocycles. The molecule has 13 heteroatoms. The minimum absolute atomic E-state index is 0.0944. The summed E-state index contributed by atoms with van der Waals surface area (Å²) in [5.41, 5.74) is 8.43. The summed E-state index contributed by atoms with van der Waals surface area (Å²) in [6.45, 7) is 0. The van der Waals surface area contributed by atoms with E-state index in [0.29, 0.717) is 0 Å². The first-order valence-corrected chi connectivity index (χ1v) is 12.1. The average molecular weight is 486 g/mol. The lowest BCUT2D eigenvalue weighted by Gasteiger charge is -2.34. The molecule has 33 heavy (non-hydrogen) atoms. The van der Waals surface area contributed by atoms with Crippen LogP contribution in [0.1, 0.15) is 18.4 Å².